The van der Waals surface area contributed by atoms with E-state index in [9.17, 15) is 18.0 Å². The minimum Gasteiger partial charge on any atom is -0.493 e. The van der Waals surface area contributed by atoms with Gasteiger partial charge in [0.2, 0.25) is 0 Å². The van der Waals surface area contributed by atoms with Crippen LogP contribution in [-0.4, -0.2) is 48.7 Å². The van der Waals surface area contributed by atoms with E-state index in [2.05, 4.69) is 14.9 Å². The SMILES string of the molecule is O=C(Cc1cnc2c(-c3cc(F)cc(F)c3F)nccc2c1N1CCOCC1)[C@H]1CCOc2ccccc21. The highest BCUT2D eigenvalue weighted by Crippen LogP contribution is 2.38. The van der Waals surface area contributed by atoms with Crippen LogP contribution in [0, 0.1) is 17.5 Å². The van der Waals surface area contributed by atoms with Gasteiger partial charge in [0, 0.05) is 66.0 Å². The fourth-order valence-electron chi connectivity index (χ4n) is 5.35. The maximum absolute atomic E-state index is 14.7. The molecule has 1 atom stereocenters. The van der Waals surface area contributed by atoms with E-state index in [1.807, 2.05) is 24.3 Å². The minimum absolute atomic E-state index is 0.0316. The molecule has 2 aromatic heterocycles. The van der Waals surface area contributed by atoms with Crippen molar-refractivity contribution in [3.63, 3.8) is 0 Å². The van der Waals surface area contributed by atoms with Gasteiger partial charge in [-0.1, -0.05) is 18.2 Å². The molecule has 2 aliphatic heterocycles. The Balaban J connectivity index is 1.46. The first-order valence-corrected chi connectivity index (χ1v) is 12.5. The fraction of sp³-hybridized carbons (Fsp3) is 0.276. The lowest BCUT2D eigenvalue weighted by Gasteiger charge is -2.32. The van der Waals surface area contributed by atoms with E-state index in [1.54, 1.807) is 12.3 Å². The molecule has 1 saturated heterocycles. The highest BCUT2D eigenvalue weighted by atomic mass is 19.2. The van der Waals surface area contributed by atoms with Crippen molar-refractivity contribution in [1.82, 2.24) is 9.97 Å². The van der Waals surface area contributed by atoms with Crippen LogP contribution in [0.5, 0.6) is 5.75 Å². The zero-order chi connectivity index (χ0) is 26.2. The number of carbonyl (C=O) groups is 1. The lowest BCUT2D eigenvalue weighted by molar-refractivity contribution is -0.120. The topological polar surface area (TPSA) is 64.6 Å². The van der Waals surface area contributed by atoms with Gasteiger partial charge in [0.25, 0.3) is 0 Å². The van der Waals surface area contributed by atoms with Crippen LogP contribution in [0.2, 0.25) is 0 Å². The standard InChI is InChI=1S/C29H24F3N3O3/c30-18-14-22(26(32)23(31)15-18)28-27-21(5-7-33-28)29(35-8-11-37-12-9-35)17(16-34-27)13-24(36)19-6-10-38-25-4-2-1-3-20(19)25/h1-5,7,14-16,19H,6,8-13H2/t19-/m0/s1. The summed E-state index contributed by atoms with van der Waals surface area (Å²) in [5, 5.41) is 0.624. The van der Waals surface area contributed by atoms with Gasteiger partial charge < -0.3 is 14.4 Å². The molecule has 4 aromatic rings. The Labute approximate surface area is 217 Å². The summed E-state index contributed by atoms with van der Waals surface area (Å²) in [5.41, 5.74) is 2.38. The number of ketones is 1. The average Bonchev–Trinajstić information content (AvgIpc) is 2.94. The summed E-state index contributed by atoms with van der Waals surface area (Å²) in [6.07, 6.45) is 3.78. The molecule has 0 spiro atoms. The largest absolute Gasteiger partial charge is 0.493 e. The van der Waals surface area contributed by atoms with Gasteiger partial charge in [0.05, 0.1) is 36.7 Å². The van der Waals surface area contributed by atoms with Crippen molar-refractivity contribution in [2.24, 2.45) is 0 Å². The van der Waals surface area contributed by atoms with Crippen molar-refractivity contribution < 1.29 is 27.4 Å². The number of ether oxygens (including phenoxy) is 2. The molecule has 6 nitrogen and oxygen atoms in total. The number of aromatic nitrogens is 2. The van der Waals surface area contributed by atoms with E-state index in [0.29, 0.717) is 56.3 Å². The molecule has 1 fully saturated rings. The third-order valence-electron chi connectivity index (χ3n) is 7.12. The molecule has 0 saturated carbocycles. The van der Waals surface area contributed by atoms with E-state index >= 15 is 0 Å². The number of hydrogen-bond acceptors (Lipinski definition) is 6. The predicted molar refractivity (Wildman–Crippen MR) is 136 cm³/mol. The summed E-state index contributed by atoms with van der Waals surface area (Å²) in [5.74, 6) is -2.94. The summed E-state index contributed by atoms with van der Waals surface area (Å²) in [6.45, 7) is 2.64. The molecule has 0 unspecified atom stereocenters. The van der Waals surface area contributed by atoms with Crippen molar-refractivity contribution in [3.8, 4) is 17.0 Å². The fourth-order valence-corrected chi connectivity index (χ4v) is 5.35. The van der Waals surface area contributed by atoms with Gasteiger partial charge in [0.1, 0.15) is 17.3 Å². The molecule has 38 heavy (non-hydrogen) atoms. The predicted octanol–water partition coefficient (Wildman–Crippen LogP) is 5.23. The molecule has 194 valence electrons. The minimum atomic E-state index is -1.30. The second-order valence-electron chi connectivity index (χ2n) is 9.41. The molecule has 0 N–H and O–H groups in total. The molecule has 0 amide bonds. The first-order valence-electron chi connectivity index (χ1n) is 12.5. The Morgan fingerprint density at radius 2 is 1.84 bits per heavy atom. The maximum atomic E-state index is 14.7. The summed E-state index contributed by atoms with van der Waals surface area (Å²) in [4.78, 5) is 24.5. The molecule has 9 heteroatoms. The molecule has 4 heterocycles. The third-order valence-corrected chi connectivity index (χ3v) is 7.12. The smallest absolute Gasteiger partial charge is 0.168 e. The van der Waals surface area contributed by atoms with Crippen LogP contribution in [0.15, 0.2) is 54.9 Å². The van der Waals surface area contributed by atoms with Crippen molar-refractivity contribution >= 4 is 22.4 Å². The van der Waals surface area contributed by atoms with Crippen molar-refractivity contribution in [1.29, 1.82) is 0 Å². The number of anilines is 1. The van der Waals surface area contributed by atoms with Crippen molar-refractivity contribution in [3.05, 3.63) is 83.4 Å². The Morgan fingerprint density at radius 3 is 2.68 bits per heavy atom. The molecule has 0 aliphatic carbocycles. The number of carbonyl (C=O) groups excluding carboxylic acids is 1. The normalized spacial score (nSPS) is 17.2. The average molecular weight is 520 g/mol. The molecule has 2 aliphatic rings. The first-order chi connectivity index (χ1) is 18.5. The van der Waals surface area contributed by atoms with E-state index < -0.39 is 17.5 Å². The maximum Gasteiger partial charge on any atom is 0.168 e. The first kappa shape index (κ1) is 24.4. The second kappa shape index (κ2) is 10.1. The highest BCUT2D eigenvalue weighted by molar-refractivity contribution is 6.01. The van der Waals surface area contributed by atoms with Gasteiger partial charge in [0.15, 0.2) is 11.6 Å². The van der Waals surface area contributed by atoms with Gasteiger partial charge in [-0.3, -0.25) is 14.8 Å². The number of para-hydroxylation sites is 1. The Kier molecular flexibility index (Phi) is 6.45. The van der Waals surface area contributed by atoms with Crippen LogP contribution >= 0.6 is 0 Å². The summed E-state index contributed by atoms with van der Waals surface area (Å²) in [7, 11) is 0. The number of benzene rings is 2. The number of fused-ring (bicyclic) bond motifs is 2. The number of Topliss-reactive ketones (excluding diaryl/α,β-unsaturated/α-hetero) is 1. The summed E-state index contributed by atoms with van der Waals surface area (Å²) in [6, 6.07) is 10.7. The number of hydrogen-bond donors (Lipinski definition) is 0. The monoisotopic (exact) mass is 519 g/mol. The van der Waals surface area contributed by atoms with Crippen LogP contribution in [0.4, 0.5) is 18.9 Å². The highest BCUT2D eigenvalue weighted by Gasteiger charge is 2.29. The molecule has 0 bridgehead atoms. The molecule has 2 aromatic carbocycles. The Morgan fingerprint density at radius 1 is 1.03 bits per heavy atom. The van der Waals surface area contributed by atoms with Gasteiger partial charge in [-0.05, 0) is 24.6 Å². The zero-order valence-electron chi connectivity index (χ0n) is 20.4. The van der Waals surface area contributed by atoms with Gasteiger partial charge in [-0.2, -0.15) is 0 Å². The van der Waals surface area contributed by atoms with Crippen LogP contribution in [0.3, 0.4) is 0 Å². The zero-order valence-corrected chi connectivity index (χ0v) is 20.4. The van der Waals surface area contributed by atoms with Gasteiger partial charge >= 0.3 is 0 Å². The van der Waals surface area contributed by atoms with E-state index in [-0.39, 0.29) is 29.4 Å². The number of morpholine rings is 1. The Bertz CT molecular complexity index is 1540. The van der Waals surface area contributed by atoms with Crippen LogP contribution < -0.4 is 9.64 Å². The van der Waals surface area contributed by atoms with Crippen molar-refractivity contribution in [2.75, 3.05) is 37.8 Å². The quantitative estimate of drug-likeness (QED) is 0.337. The summed E-state index contributed by atoms with van der Waals surface area (Å²) >= 11 is 0. The van der Waals surface area contributed by atoms with Crippen molar-refractivity contribution in [2.45, 2.75) is 18.8 Å². The van der Waals surface area contributed by atoms with Gasteiger partial charge in [-0.15, -0.1) is 0 Å². The molecular weight excluding hydrogens is 495 g/mol. The molecular formula is C29H24F3N3O3. The molecule has 0 radical (unpaired) electrons. The lowest BCUT2D eigenvalue weighted by Crippen LogP contribution is -2.37. The van der Waals surface area contributed by atoms with E-state index in [1.165, 1.54) is 6.20 Å². The van der Waals surface area contributed by atoms with Crippen LogP contribution in [0.1, 0.15) is 23.5 Å². The van der Waals surface area contributed by atoms with E-state index in [0.717, 1.165) is 28.6 Å². The van der Waals surface area contributed by atoms with Gasteiger partial charge in [-0.25, -0.2) is 13.2 Å². The number of rotatable bonds is 5. The number of nitrogens with zero attached hydrogens (tertiary/aromatic N) is 3. The third kappa shape index (κ3) is 4.36. The summed E-state index contributed by atoms with van der Waals surface area (Å²) < 4.78 is 54.1. The Hall–Kier alpha value is -3.98. The lowest BCUT2D eigenvalue weighted by atomic mass is 9.86. The number of halogens is 3. The second-order valence-corrected chi connectivity index (χ2v) is 9.41. The molecule has 6 rings (SSSR count). The van der Waals surface area contributed by atoms with E-state index in [4.69, 9.17) is 9.47 Å². The van der Waals surface area contributed by atoms with Crippen LogP contribution in [-0.2, 0) is 16.0 Å². The number of pyridine rings is 2. The van der Waals surface area contributed by atoms with Crippen LogP contribution in [0.25, 0.3) is 22.2 Å².